The lowest BCUT2D eigenvalue weighted by atomic mass is 9.86. The minimum atomic E-state index is 1.18. The second kappa shape index (κ2) is 9.29. The number of hydrogen-bond donors (Lipinski definition) is 0. The highest BCUT2D eigenvalue weighted by molar-refractivity contribution is 6.38. The highest BCUT2D eigenvalue weighted by atomic mass is 15.0. The highest BCUT2D eigenvalue weighted by Crippen LogP contribution is 2.48. The van der Waals surface area contributed by atoms with Gasteiger partial charge in [-0.15, -0.1) is 0 Å². The first-order valence-electron chi connectivity index (χ1n) is 15.6. The smallest absolute Gasteiger partial charge is 0.0626 e. The summed E-state index contributed by atoms with van der Waals surface area (Å²) >= 11 is 0. The van der Waals surface area contributed by atoms with Gasteiger partial charge in [0, 0.05) is 27.2 Å². The molecule has 0 bridgehead atoms. The van der Waals surface area contributed by atoms with E-state index in [0.717, 1.165) is 0 Å². The molecule has 0 aliphatic rings. The Morgan fingerprint density at radius 1 is 0.311 bits per heavy atom. The van der Waals surface area contributed by atoms with Crippen LogP contribution in [-0.4, -0.2) is 4.57 Å². The van der Waals surface area contributed by atoms with E-state index in [1.807, 2.05) is 0 Å². The summed E-state index contributed by atoms with van der Waals surface area (Å²) in [5, 5.41) is 15.4. The number of hydrogen-bond acceptors (Lipinski definition) is 0. The Bertz CT molecular complexity index is 2800. The van der Waals surface area contributed by atoms with Crippen LogP contribution in [0.3, 0.4) is 0 Å². The molecule has 0 amide bonds. The summed E-state index contributed by atoms with van der Waals surface area (Å²) in [6.07, 6.45) is 0. The van der Waals surface area contributed by atoms with E-state index in [0.29, 0.717) is 0 Å². The average molecular weight is 570 g/mol. The second-order valence-corrected chi connectivity index (χ2v) is 12.0. The molecule has 0 N–H and O–H groups in total. The first-order chi connectivity index (χ1) is 22.4. The zero-order chi connectivity index (χ0) is 29.5. The molecule has 0 aliphatic heterocycles. The van der Waals surface area contributed by atoms with E-state index in [-0.39, 0.29) is 0 Å². The van der Waals surface area contributed by atoms with Crippen molar-refractivity contribution in [3.05, 3.63) is 164 Å². The topological polar surface area (TPSA) is 4.93 Å². The number of benzene rings is 9. The zero-order valence-corrected chi connectivity index (χ0v) is 24.5. The van der Waals surface area contributed by atoms with Gasteiger partial charge in [-0.2, -0.15) is 0 Å². The van der Waals surface area contributed by atoms with Gasteiger partial charge >= 0.3 is 0 Å². The summed E-state index contributed by atoms with van der Waals surface area (Å²) in [5.41, 5.74) is 6.22. The Kier molecular flexibility index (Phi) is 5.06. The molecule has 208 valence electrons. The molecular weight excluding hydrogens is 542 g/mol. The van der Waals surface area contributed by atoms with Gasteiger partial charge in [-0.05, 0) is 84.5 Å². The molecule has 0 aliphatic carbocycles. The lowest BCUT2D eigenvalue weighted by Crippen LogP contribution is -1.95. The van der Waals surface area contributed by atoms with Crippen molar-refractivity contribution in [1.82, 2.24) is 4.57 Å². The number of nitrogens with zero attached hydrogens (tertiary/aromatic N) is 1. The van der Waals surface area contributed by atoms with Crippen LogP contribution in [0.25, 0.3) is 92.5 Å². The minimum absolute atomic E-state index is 1.18. The fourth-order valence-electron chi connectivity index (χ4n) is 7.87. The van der Waals surface area contributed by atoms with Crippen LogP contribution >= 0.6 is 0 Å². The van der Waals surface area contributed by atoms with Gasteiger partial charge in [0.1, 0.15) is 0 Å². The molecule has 10 rings (SSSR count). The maximum Gasteiger partial charge on any atom is 0.0626 e. The third-order valence-corrected chi connectivity index (χ3v) is 9.71. The third kappa shape index (κ3) is 3.38. The Balaban J connectivity index is 1.47. The van der Waals surface area contributed by atoms with E-state index < -0.39 is 0 Å². The van der Waals surface area contributed by atoms with Gasteiger partial charge in [-0.25, -0.2) is 0 Å². The van der Waals surface area contributed by atoms with E-state index in [2.05, 4.69) is 168 Å². The number of para-hydroxylation sites is 2. The largest absolute Gasteiger partial charge is 0.309 e. The van der Waals surface area contributed by atoms with E-state index in [1.165, 1.54) is 92.5 Å². The van der Waals surface area contributed by atoms with Crippen molar-refractivity contribution in [3.63, 3.8) is 0 Å². The van der Waals surface area contributed by atoms with Crippen molar-refractivity contribution >= 4 is 75.7 Å². The molecule has 0 saturated heterocycles. The summed E-state index contributed by atoms with van der Waals surface area (Å²) in [6, 6.07) is 60.2. The second-order valence-electron chi connectivity index (χ2n) is 12.0. The van der Waals surface area contributed by atoms with Crippen LogP contribution in [0.5, 0.6) is 0 Å². The summed E-state index contributed by atoms with van der Waals surface area (Å²) < 4.78 is 2.46. The first kappa shape index (κ1) is 24.5. The van der Waals surface area contributed by atoms with Crippen molar-refractivity contribution in [3.8, 4) is 16.8 Å². The van der Waals surface area contributed by atoms with Crippen molar-refractivity contribution < 1.29 is 0 Å². The predicted octanol–water partition coefficient (Wildman–Crippen LogP) is 12.2. The van der Waals surface area contributed by atoms with E-state index in [4.69, 9.17) is 0 Å². The summed E-state index contributed by atoms with van der Waals surface area (Å²) in [6.45, 7) is 0. The first-order valence-corrected chi connectivity index (χ1v) is 15.6. The Morgan fingerprint density at radius 3 is 1.58 bits per heavy atom. The number of rotatable bonds is 2. The Hall–Kier alpha value is -5.92. The van der Waals surface area contributed by atoms with Gasteiger partial charge in [0.2, 0.25) is 0 Å². The molecule has 1 heteroatoms. The van der Waals surface area contributed by atoms with Crippen LogP contribution in [0.2, 0.25) is 0 Å². The Morgan fingerprint density at radius 2 is 0.822 bits per heavy atom. The van der Waals surface area contributed by atoms with Crippen LogP contribution in [0.15, 0.2) is 164 Å². The maximum atomic E-state index is 2.48. The molecular formula is C44H27N. The van der Waals surface area contributed by atoms with Crippen molar-refractivity contribution in [2.75, 3.05) is 0 Å². The molecule has 1 nitrogen and oxygen atoms in total. The standard InChI is InChI=1S/C44H27N/c1-2-15-29(16-3-1)45-41-25-13-12-24-37(41)43-42-35-22-10-8-20-33(35)39(27-40(42)34-21-9-11-23-36(34)44(43)45)38-26-28-14-4-5-17-30(28)31-18-6-7-19-32(31)38/h1-27H. The number of aromatic nitrogens is 1. The van der Waals surface area contributed by atoms with Crippen LogP contribution < -0.4 is 0 Å². The van der Waals surface area contributed by atoms with Crippen LogP contribution in [0.1, 0.15) is 0 Å². The van der Waals surface area contributed by atoms with Crippen LogP contribution in [0.4, 0.5) is 0 Å². The van der Waals surface area contributed by atoms with Crippen LogP contribution in [-0.2, 0) is 0 Å². The van der Waals surface area contributed by atoms with Crippen molar-refractivity contribution in [2.45, 2.75) is 0 Å². The molecule has 10 aromatic rings. The normalized spacial score (nSPS) is 12.0. The van der Waals surface area contributed by atoms with E-state index in [1.54, 1.807) is 0 Å². The van der Waals surface area contributed by atoms with Gasteiger partial charge < -0.3 is 4.57 Å². The fraction of sp³-hybridized carbons (Fsp3) is 0. The zero-order valence-electron chi connectivity index (χ0n) is 24.5. The molecule has 0 saturated carbocycles. The van der Waals surface area contributed by atoms with E-state index in [9.17, 15) is 0 Å². The molecule has 0 radical (unpaired) electrons. The van der Waals surface area contributed by atoms with Gasteiger partial charge in [0.15, 0.2) is 0 Å². The summed E-state index contributed by atoms with van der Waals surface area (Å²) in [7, 11) is 0. The Labute approximate surface area is 260 Å². The molecule has 45 heavy (non-hydrogen) atoms. The lowest BCUT2D eigenvalue weighted by Gasteiger charge is -2.18. The molecule has 0 spiro atoms. The van der Waals surface area contributed by atoms with Crippen LogP contribution in [0, 0.1) is 0 Å². The average Bonchev–Trinajstić information content (AvgIpc) is 3.47. The molecule has 0 fully saturated rings. The highest BCUT2D eigenvalue weighted by Gasteiger charge is 2.22. The minimum Gasteiger partial charge on any atom is -0.309 e. The molecule has 1 aromatic heterocycles. The molecule has 0 atom stereocenters. The summed E-state index contributed by atoms with van der Waals surface area (Å²) in [4.78, 5) is 0. The van der Waals surface area contributed by atoms with Gasteiger partial charge in [0.25, 0.3) is 0 Å². The predicted molar refractivity (Wildman–Crippen MR) is 194 cm³/mol. The van der Waals surface area contributed by atoms with Crippen molar-refractivity contribution in [2.24, 2.45) is 0 Å². The molecule has 9 aromatic carbocycles. The number of fused-ring (bicyclic) bond motifs is 13. The fourth-order valence-corrected chi connectivity index (χ4v) is 7.87. The lowest BCUT2D eigenvalue weighted by molar-refractivity contribution is 1.19. The molecule has 0 unspecified atom stereocenters. The van der Waals surface area contributed by atoms with Gasteiger partial charge in [-0.3, -0.25) is 0 Å². The SMILES string of the molecule is c1ccc(-n2c3ccccc3c3c4c5ccccc5c(-c5cc6ccccc6c6ccccc56)cc4c4ccccc4c32)cc1. The van der Waals surface area contributed by atoms with Gasteiger partial charge in [0.05, 0.1) is 11.0 Å². The van der Waals surface area contributed by atoms with Gasteiger partial charge in [-0.1, -0.05) is 133 Å². The van der Waals surface area contributed by atoms with E-state index >= 15 is 0 Å². The van der Waals surface area contributed by atoms with Crippen molar-refractivity contribution in [1.29, 1.82) is 0 Å². The third-order valence-electron chi connectivity index (χ3n) is 9.71. The maximum absolute atomic E-state index is 2.48. The monoisotopic (exact) mass is 569 g/mol. The quantitative estimate of drug-likeness (QED) is 0.183. The summed E-state index contributed by atoms with van der Waals surface area (Å²) in [5.74, 6) is 0. The molecule has 1 heterocycles.